The average Bonchev–Trinajstić information content (AvgIpc) is 3.05. The van der Waals surface area contributed by atoms with Crippen molar-refractivity contribution in [1.29, 1.82) is 0 Å². The normalized spacial score (nSPS) is 24.2. The molecule has 2 fully saturated rings. The molecule has 5 heteroatoms. The molecule has 25 heavy (non-hydrogen) atoms. The first-order valence-electron chi connectivity index (χ1n) is 9.10. The zero-order valence-corrected chi connectivity index (χ0v) is 15.3. The Labute approximate surface area is 153 Å². The molecule has 2 aromatic rings. The summed E-state index contributed by atoms with van der Waals surface area (Å²) in [4.78, 5) is 12.6. The number of amides is 1. The topological polar surface area (TPSA) is 46.9 Å². The van der Waals surface area contributed by atoms with Gasteiger partial charge in [0.25, 0.3) is 0 Å². The molecular weight excluding hydrogens is 334 g/mol. The Morgan fingerprint density at radius 2 is 2.04 bits per heavy atom. The van der Waals surface area contributed by atoms with Crippen molar-refractivity contribution in [3.8, 4) is 0 Å². The van der Waals surface area contributed by atoms with E-state index in [0.29, 0.717) is 5.92 Å². The molecule has 4 nitrogen and oxygen atoms in total. The van der Waals surface area contributed by atoms with E-state index in [1.807, 2.05) is 31.6 Å². The fraction of sp³-hybridized carbons (Fsp3) is 0.500. The molecule has 1 aromatic carbocycles. The van der Waals surface area contributed by atoms with Crippen LogP contribution in [-0.2, 0) is 17.3 Å². The van der Waals surface area contributed by atoms with Crippen LogP contribution in [0.25, 0.3) is 0 Å². The number of aryl methyl sites for hydroxylation is 1. The lowest BCUT2D eigenvalue weighted by molar-refractivity contribution is -0.122. The van der Waals surface area contributed by atoms with E-state index in [1.54, 1.807) is 4.68 Å². The van der Waals surface area contributed by atoms with E-state index in [1.165, 1.54) is 24.0 Å². The van der Waals surface area contributed by atoms with Crippen LogP contribution in [0.1, 0.15) is 49.1 Å². The summed E-state index contributed by atoms with van der Waals surface area (Å²) >= 11 is 6.04. The number of benzene rings is 1. The number of hydrogen-bond donors (Lipinski definition) is 1. The molecule has 1 N–H and O–H groups in total. The SMILES string of the molecule is Cn1cc([C@H]2C[C@@H]2C(=O)NCC2(c3ccc(Cl)cc3)CCCC2)cn1. The van der Waals surface area contributed by atoms with E-state index in [2.05, 4.69) is 22.5 Å². The molecule has 0 bridgehead atoms. The zero-order chi connectivity index (χ0) is 17.4. The van der Waals surface area contributed by atoms with Crippen molar-refractivity contribution in [2.45, 2.75) is 43.4 Å². The lowest BCUT2D eigenvalue weighted by Crippen LogP contribution is -2.39. The number of nitrogens with zero attached hydrogens (tertiary/aromatic N) is 2. The van der Waals surface area contributed by atoms with Gasteiger partial charge in [-0.2, -0.15) is 5.10 Å². The Morgan fingerprint density at radius 3 is 2.68 bits per heavy atom. The fourth-order valence-corrected chi connectivity index (χ4v) is 4.42. The Hall–Kier alpha value is -1.81. The first kappa shape index (κ1) is 16.6. The summed E-state index contributed by atoms with van der Waals surface area (Å²) in [7, 11) is 1.91. The smallest absolute Gasteiger partial charge is 0.223 e. The van der Waals surface area contributed by atoms with Crippen molar-refractivity contribution >= 4 is 17.5 Å². The quantitative estimate of drug-likeness (QED) is 0.884. The molecular formula is C20H24ClN3O. The van der Waals surface area contributed by atoms with Crippen molar-refractivity contribution in [2.24, 2.45) is 13.0 Å². The zero-order valence-electron chi connectivity index (χ0n) is 14.5. The van der Waals surface area contributed by atoms with Gasteiger partial charge in [-0.25, -0.2) is 0 Å². The molecule has 2 aliphatic rings. The van der Waals surface area contributed by atoms with E-state index >= 15 is 0 Å². The number of carbonyl (C=O) groups excluding carboxylic acids is 1. The number of hydrogen-bond acceptors (Lipinski definition) is 2. The van der Waals surface area contributed by atoms with Crippen LogP contribution in [0.15, 0.2) is 36.7 Å². The van der Waals surface area contributed by atoms with Crippen LogP contribution in [0.2, 0.25) is 5.02 Å². The van der Waals surface area contributed by atoms with Crippen molar-refractivity contribution in [2.75, 3.05) is 6.54 Å². The highest BCUT2D eigenvalue weighted by molar-refractivity contribution is 6.30. The van der Waals surface area contributed by atoms with E-state index in [4.69, 9.17) is 11.6 Å². The molecule has 2 aliphatic carbocycles. The first-order chi connectivity index (χ1) is 12.1. The van der Waals surface area contributed by atoms with Gasteiger partial charge in [0.2, 0.25) is 5.91 Å². The maximum atomic E-state index is 12.6. The second-order valence-electron chi connectivity index (χ2n) is 7.61. The van der Waals surface area contributed by atoms with Crippen LogP contribution in [0.3, 0.4) is 0 Å². The van der Waals surface area contributed by atoms with Gasteiger partial charge >= 0.3 is 0 Å². The van der Waals surface area contributed by atoms with Gasteiger partial charge in [0.05, 0.1) is 6.20 Å². The van der Waals surface area contributed by atoms with Gasteiger partial charge in [0.1, 0.15) is 0 Å². The van der Waals surface area contributed by atoms with E-state index in [9.17, 15) is 4.79 Å². The van der Waals surface area contributed by atoms with Gasteiger partial charge in [-0.15, -0.1) is 0 Å². The van der Waals surface area contributed by atoms with Crippen molar-refractivity contribution in [3.05, 3.63) is 52.8 Å². The maximum Gasteiger partial charge on any atom is 0.223 e. The van der Waals surface area contributed by atoms with Crippen molar-refractivity contribution in [3.63, 3.8) is 0 Å². The van der Waals surface area contributed by atoms with Gasteiger partial charge in [0, 0.05) is 36.1 Å². The van der Waals surface area contributed by atoms with Gasteiger partial charge in [-0.1, -0.05) is 36.6 Å². The predicted molar refractivity (Wildman–Crippen MR) is 98.7 cm³/mol. The van der Waals surface area contributed by atoms with Gasteiger partial charge in [0.15, 0.2) is 0 Å². The van der Waals surface area contributed by atoms with Crippen LogP contribution in [0.5, 0.6) is 0 Å². The van der Waals surface area contributed by atoms with Crippen LogP contribution in [0, 0.1) is 5.92 Å². The van der Waals surface area contributed by atoms with Gasteiger partial charge in [-0.05, 0) is 48.4 Å². The van der Waals surface area contributed by atoms with Gasteiger partial charge in [-0.3, -0.25) is 9.48 Å². The molecule has 2 saturated carbocycles. The van der Waals surface area contributed by atoms with E-state index in [0.717, 1.165) is 30.8 Å². The second kappa shape index (κ2) is 6.49. The molecule has 132 valence electrons. The first-order valence-corrected chi connectivity index (χ1v) is 9.47. The predicted octanol–water partition coefficient (Wildman–Crippen LogP) is 3.81. The number of aromatic nitrogens is 2. The molecule has 1 heterocycles. The lowest BCUT2D eigenvalue weighted by atomic mass is 9.79. The summed E-state index contributed by atoms with van der Waals surface area (Å²) in [5.41, 5.74) is 2.55. The molecule has 0 unspecified atom stereocenters. The van der Waals surface area contributed by atoms with Crippen molar-refractivity contribution < 1.29 is 4.79 Å². The number of carbonyl (C=O) groups is 1. The average molecular weight is 358 g/mol. The summed E-state index contributed by atoms with van der Waals surface area (Å²) in [5.74, 6) is 0.630. The minimum absolute atomic E-state index is 0.0684. The number of halogens is 1. The minimum Gasteiger partial charge on any atom is -0.355 e. The molecule has 0 aliphatic heterocycles. The Kier molecular flexibility index (Phi) is 4.32. The van der Waals surface area contributed by atoms with Crippen LogP contribution >= 0.6 is 11.6 Å². The summed E-state index contributed by atoms with van der Waals surface area (Å²) in [6.45, 7) is 0.726. The Bertz CT molecular complexity index is 762. The molecule has 0 spiro atoms. The lowest BCUT2D eigenvalue weighted by Gasteiger charge is -2.30. The molecule has 1 aromatic heterocycles. The number of nitrogens with one attached hydrogen (secondary N) is 1. The summed E-state index contributed by atoms with van der Waals surface area (Å²) in [5, 5.41) is 8.22. The Morgan fingerprint density at radius 1 is 1.32 bits per heavy atom. The minimum atomic E-state index is 0.0684. The molecule has 0 radical (unpaired) electrons. The van der Waals surface area contributed by atoms with Crippen LogP contribution in [-0.4, -0.2) is 22.2 Å². The Balaban J connectivity index is 1.40. The third-order valence-corrected chi connectivity index (χ3v) is 6.15. The third-order valence-electron chi connectivity index (χ3n) is 5.90. The summed E-state index contributed by atoms with van der Waals surface area (Å²) < 4.78 is 1.80. The highest BCUT2D eigenvalue weighted by atomic mass is 35.5. The molecule has 0 saturated heterocycles. The molecule has 4 rings (SSSR count). The van der Waals surface area contributed by atoms with Crippen LogP contribution < -0.4 is 5.32 Å². The van der Waals surface area contributed by atoms with Crippen LogP contribution in [0.4, 0.5) is 0 Å². The maximum absolute atomic E-state index is 12.6. The molecule has 2 atom stereocenters. The monoisotopic (exact) mass is 357 g/mol. The fourth-order valence-electron chi connectivity index (χ4n) is 4.29. The largest absolute Gasteiger partial charge is 0.355 e. The summed E-state index contributed by atoms with van der Waals surface area (Å²) in [6.07, 6.45) is 9.54. The van der Waals surface area contributed by atoms with Gasteiger partial charge < -0.3 is 5.32 Å². The third kappa shape index (κ3) is 3.32. The highest BCUT2D eigenvalue weighted by Crippen LogP contribution is 2.48. The summed E-state index contributed by atoms with van der Waals surface area (Å²) in [6, 6.07) is 8.15. The van der Waals surface area contributed by atoms with E-state index < -0.39 is 0 Å². The number of rotatable bonds is 5. The highest BCUT2D eigenvalue weighted by Gasteiger charge is 2.45. The van der Waals surface area contributed by atoms with E-state index in [-0.39, 0.29) is 17.2 Å². The second-order valence-corrected chi connectivity index (χ2v) is 8.04. The molecule has 1 amide bonds. The standard InChI is InChI=1S/C20H24ClN3O/c1-24-12-14(11-23-24)17-10-18(17)19(25)22-13-20(8-2-3-9-20)15-4-6-16(21)7-5-15/h4-7,11-12,17-18H,2-3,8-10,13H2,1H3,(H,22,25)/t17-,18+/m1/s1. The van der Waals surface area contributed by atoms with Crippen molar-refractivity contribution in [1.82, 2.24) is 15.1 Å².